The summed E-state index contributed by atoms with van der Waals surface area (Å²) in [5.41, 5.74) is 10.9. The molecule has 6 heteroatoms. The summed E-state index contributed by atoms with van der Waals surface area (Å²) in [7, 11) is 0. The van der Waals surface area contributed by atoms with Gasteiger partial charge in [0.25, 0.3) is 0 Å². The summed E-state index contributed by atoms with van der Waals surface area (Å²) in [6.45, 7) is 4.89. The number of furan rings is 1. The number of nitriles is 1. The van der Waals surface area contributed by atoms with E-state index in [1.165, 1.54) is 37.7 Å². The first-order valence-corrected chi connectivity index (χ1v) is 21.2. The zero-order valence-electron chi connectivity index (χ0n) is 33.8. The van der Waals surface area contributed by atoms with E-state index in [0.29, 0.717) is 28.8 Å². The highest BCUT2D eigenvalue weighted by Crippen LogP contribution is 2.54. The maximum Gasteiger partial charge on any atom is 0.228 e. The van der Waals surface area contributed by atoms with Crippen molar-refractivity contribution in [3.05, 3.63) is 157 Å². The van der Waals surface area contributed by atoms with Crippen LogP contribution in [0.2, 0.25) is 0 Å². The Balaban J connectivity index is 1.01. The van der Waals surface area contributed by atoms with Gasteiger partial charge in [0.15, 0.2) is 17.5 Å². The lowest BCUT2D eigenvalue weighted by atomic mass is 9.54. The van der Waals surface area contributed by atoms with Gasteiger partial charge in [0.1, 0.15) is 5.58 Å². The summed E-state index contributed by atoms with van der Waals surface area (Å²) in [6, 6.07) is 50.6. The molecule has 0 saturated heterocycles. The minimum absolute atomic E-state index is 0.246. The van der Waals surface area contributed by atoms with Crippen molar-refractivity contribution in [3.63, 3.8) is 0 Å². The summed E-state index contributed by atoms with van der Waals surface area (Å²) in [5.74, 6) is 4.14. The molecule has 290 valence electrons. The highest BCUT2D eigenvalue weighted by molar-refractivity contribution is 6.10. The van der Waals surface area contributed by atoms with Crippen molar-refractivity contribution < 1.29 is 4.42 Å². The Labute approximate surface area is 349 Å². The first-order valence-electron chi connectivity index (χ1n) is 21.2. The Morgan fingerprint density at radius 3 is 1.70 bits per heavy atom. The van der Waals surface area contributed by atoms with Crippen LogP contribution in [-0.4, -0.2) is 19.9 Å². The molecule has 4 atom stereocenters. The number of fused-ring (bicyclic) bond motifs is 6. The molecular formula is C54H43N5O. The van der Waals surface area contributed by atoms with E-state index >= 15 is 0 Å². The molecule has 0 radical (unpaired) electrons. The largest absolute Gasteiger partial charge is 0.438 e. The maximum atomic E-state index is 9.34. The first-order chi connectivity index (χ1) is 29.4. The van der Waals surface area contributed by atoms with Crippen molar-refractivity contribution in [2.45, 2.75) is 51.4 Å². The molecule has 11 rings (SSSR count). The number of hydrogen-bond donors (Lipinski definition) is 0. The van der Waals surface area contributed by atoms with E-state index in [4.69, 9.17) is 19.4 Å². The molecule has 2 bridgehead atoms. The molecule has 9 aromatic rings. The molecule has 3 heterocycles. The monoisotopic (exact) mass is 777 g/mol. The molecule has 0 N–H and O–H groups in total. The molecule has 3 aromatic heterocycles. The van der Waals surface area contributed by atoms with Crippen LogP contribution in [-0.2, 0) is 5.41 Å². The fourth-order valence-electron chi connectivity index (χ4n) is 10.9. The Kier molecular flexibility index (Phi) is 8.67. The molecule has 6 aromatic carbocycles. The number of aromatic nitrogens is 4. The van der Waals surface area contributed by atoms with Crippen LogP contribution < -0.4 is 0 Å². The van der Waals surface area contributed by atoms with Gasteiger partial charge in [-0.15, -0.1) is 0 Å². The minimum atomic E-state index is 0.246. The number of pyridine rings is 1. The molecule has 2 fully saturated rings. The van der Waals surface area contributed by atoms with E-state index in [1.807, 2.05) is 48.5 Å². The fourth-order valence-corrected chi connectivity index (χ4v) is 10.9. The van der Waals surface area contributed by atoms with Gasteiger partial charge in [-0.1, -0.05) is 129 Å². The number of rotatable bonds is 6. The van der Waals surface area contributed by atoms with Gasteiger partial charge < -0.3 is 4.42 Å². The summed E-state index contributed by atoms with van der Waals surface area (Å²) in [4.78, 5) is 20.2. The normalized spacial score (nSPS) is 20.1. The van der Waals surface area contributed by atoms with Crippen LogP contribution in [0.25, 0.3) is 89.3 Å². The molecule has 2 aliphatic rings. The Morgan fingerprint density at radius 2 is 1.08 bits per heavy atom. The average molecular weight is 778 g/mol. The number of benzene rings is 6. The van der Waals surface area contributed by atoms with Crippen LogP contribution in [0, 0.1) is 29.1 Å². The van der Waals surface area contributed by atoms with Crippen LogP contribution in [0.4, 0.5) is 0 Å². The van der Waals surface area contributed by atoms with Crippen LogP contribution in [0.5, 0.6) is 0 Å². The van der Waals surface area contributed by atoms with Crippen molar-refractivity contribution in [1.82, 2.24) is 19.9 Å². The Hall–Kier alpha value is -6.97. The van der Waals surface area contributed by atoms with Gasteiger partial charge in [0.05, 0.1) is 17.0 Å². The molecule has 0 spiro atoms. The lowest BCUT2D eigenvalue weighted by molar-refractivity contribution is 0.0780. The quantitative estimate of drug-likeness (QED) is 0.167. The van der Waals surface area contributed by atoms with Gasteiger partial charge in [-0.2, -0.15) is 5.26 Å². The molecule has 0 amide bonds. The van der Waals surface area contributed by atoms with Crippen molar-refractivity contribution in [3.8, 4) is 62.5 Å². The minimum Gasteiger partial charge on any atom is -0.438 e. The van der Waals surface area contributed by atoms with Gasteiger partial charge in [0.2, 0.25) is 5.71 Å². The van der Waals surface area contributed by atoms with Crippen molar-refractivity contribution in [2.75, 3.05) is 0 Å². The van der Waals surface area contributed by atoms with E-state index in [-0.39, 0.29) is 5.41 Å². The zero-order valence-corrected chi connectivity index (χ0v) is 33.8. The number of para-hydroxylation sites is 1. The summed E-state index contributed by atoms with van der Waals surface area (Å²) in [5, 5.41) is 13.5. The van der Waals surface area contributed by atoms with Crippen LogP contribution >= 0.6 is 0 Å². The molecule has 0 aliphatic heterocycles. The molecule has 2 unspecified atom stereocenters. The standard InChI is InChI=1S/C54H43N5O/c1-33-27-36-28-34(2)30-54(29-33,31-36)41-21-19-40(20-22-41)51-57-50(58-52(59-51)47-25-26-56-53-49(47)46-9-5-6-10-48(46)60-53)39-17-15-38(16-18-39)43-24-23-42(44-7-3-4-8-45(43)44)37-13-11-35(32-55)12-14-37/h3-26,33-34,36H,27-31H2,1-2H3/t33-,34+,36?,54?. The zero-order chi connectivity index (χ0) is 40.4. The van der Waals surface area contributed by atoms with Crippen molar-refractivity contribution >= 4 is 32.8 Å². The Bertz CT molecular complexity index is 3100. The van der Waals surface area contributed by atoms with Gasteiger partial charge in [-0.25, -0.2) is 19.9 Å². The SMILES string of the molecule is C[C@@H]1CC2C[C@H](C)CC(c3ccc(-c4nc(-c5ccc(-c6ccc(-c7ccc(C#N)cc7)c7ccccc67)cc5)nc(-c5ccnc6oc7ccccc7c56)n4)cc3)(C2)C1. The predicted molar refractivity (Wildman–Crippen MR) is 241 cm³/mol. The summed E-state index contributed by atoms with van der Waals surface area (Å²) >= 11 is 0. The second kappa shape index (κ2) is 14.4. The van der Waals surface area contributed by atoms with Crippen molar-refractivity contribution in [1.29, 1.82) is 5.26 Å². The van der Waals surface area contributed by atoms with Gasteiger partial charge in [-0.05, 0) is 118 Å². The van der Waals surface area contributed by atoms with Crippen molar-refractivity contribution in [2.24, 2.45) is 17.8 Å². The molecule has 2 saturated carbocycles. The van der Waals surface area contributed by atoms with Gasteiger partial charge >= 0.3 is 0 Å². The smallest absolute Gasteiger partial charge is 0.228 e. The van der Waals surface area contributed by atoms with E-state index in [0.717, 1.165) is 83.8 Å². The molecule has 2 aliphatic carbocycles. The molecular weight excluding hydrogens is 735 g/mol. The molecule has 6 nitrogen and oxygen atoms in total. The van der Waals surface area contributed by atoms with E-state index in [2.05, 4.69) is 116 Å². The first kappa shape index (κ1) is 36.1. The summed E-state index contributed by atoms with van der Waals surface area (Å²) < 4.78 is 6.20. The van der Waals surface area contributed by atoms with Crippen LogP contribution in [0.3, 0.4) is 0 Å². The van der Waals surface area contributed by atoms with Crippen LogP contribution in [0.1, 0.15) is 57.1 Å². The second-order valence-electron chi connectivity index (χ2n) is 17.4. The second-order valence-corrected chi connectivity index (χ2v) is 17.4. The van der Waals surface area contributed by atoms with E-state index in [9.17, 15) is 5.26 Å². The third kappa shape index (κ3) is 6.24. The molecule has 60 heavy (non-hydrogen) atoms. The fraction of sp³-hybridized carbons (Fsp3) is 0.204. The van der Waals surface area contributed by atoms with E-state index in [1.54, 1.807) is 6.20 Å². The lowest BCUT2D eigenvalue weighted by Gasteiger charge is -2.50. The predicted octanol–water partition coefficient (Wildman–Crippen LogP) is 13.6. The number of hydrogen-bond acceptors (Lipinski definition) is 6. The average Bonchev–Trinajstić information content (AvgIpc) is 3.67. The third-order valence-corrected chi connectivity index (χ3v) is 13.2. The van der Waals surface area contributed by atoms with Gasteiger partial charge in [0, 0.05) is 28.3 Å². The van der Waals surface area contributed by atoms with Crippen LogP contribution in [0.15, 0.2) is 150 Å². The highest BCUT2D eigenvalue weighted by Gasteiger charge is 2.45. The lowest BCUT2D eigenvalue weighted by Crippen LogP contribution is -2.42. The number of nitrogens with zero attached hydrogens (tertiary/aromatic N) is 5. The third-order valence-electron chi connectivity index (χ3n) is 13.2. The van der Waals surface area contributed by atoms with E-state index < -0.39 is 0 Å². The van der Waals surface area contributed by atoms with Gasteiger partial charge in [-0.3, -0.25) is 0 Å². The maximum absolute atomic E-state index is 9.34. The highest BCUT2D eigenvalue weighted by atomic mass is 16.3. The summed E-state index contributed by atoms with van der Waals surface area (Å²) in [6.07, 6.45) is 8.31. The topological polar surface area (TPSA) is 88.5 Å². The Morgan fingerprint density at radius 1 is 0.550 bits per heavy atom.